The summed E-state index contributed by atoms with van der Waals surface area (Å²) in [6.45, 7) is 0. The second-order valence-corrected chi connectivity index (χ2v) is 3.55. The van der Waals surface area contributed by atoms with Gasteiger partial charge in [0.15, 0.2) is 0 Å². The van der Waals surface area contributed by atoms with Crippen molar-refractivity contribution in [3.63, 3.8) is 0 Å². The van der Waals surface area contributed by atoms with Crippen molar-refractivity contribution in [3.8, 4) is 0 Å². The number of rotatable bonds is 2. The average Bonchev–Trinajstić information content (AvgIpc) is 2.15. The van der Waals surface area contributed by atoms with Crippen LogP contribution in [-0.2, 0) is 4.79 Å². The van der Waals surface area contributed by atoms with Crippen molar-refractivity contribution in [2.24, 2.45) is 11.7 Å². The molecule has 2 N–H and O–H groups in total. The van der Waals surface area contributed by atoms with E-state index in [0.29, 0.717) is 12.3 Å². The molecule has 1 saturated heterocycles. The summed E-state index contributed by atoms with van der Waals surface area (Å²) >= 11 is 1.92. The van der Waals surface area contributed by atoms with E-state index in [4.69, 9.17) is 5.73 Å². The molecule has 1 heterocycles. The number of carbonyl (C=O) groups is 1. The lowest BCUT2D eigenvalue weighted by Gasteiger charge is -2.01. The smallest absolute Gasteiger partial charge is 0.217 e. The van der Waals surface area contributed by atoms with Gasteiger partial charge in [-0.2, -0.15) is 11.8 Å². The van der Waals surface area contributed by atoms with Crippen molar-refractivity contribution < 1.29 is 4.79 Å². The van der Waals surface area contributed by atoms with Crippen LogP contribution in [0.25, 0.3) is 0 Å². The molecular formula is C6H11NOS. The molecule has 9 heavy (non-hydrogen) atoms. The molecule has 1 atom stereocenters. The van der Waals surface area contributed by atoms with Crippen LogP contribution in [0, 0.1) is 5.92 Å². The van der Waals surface area contributed by atoms with E-state index in [-0.39, 0.29) is 5.91 Å². The van der Waals surface area contributed by atoms with Gasteiger partial charge in [0.1, 0.15) is 0 Å². The van der Waals surface area contributed by atoms with E-state index in [0.717, 1.165) is 5.75 Å². The summed E-state index contributed by atoms with van der Waals surface area (Å²) in [6, 6.07) is 0. The molecule has 1 aliphatic heterocycles. The zero-order chi connectivity index (χ0) is 6.69. The molecule has 1 amide bonds. The van der Waals surface area contributed by atoms with Crippen LogP contribution in [0.4, 0.5) is 0 Å². The number of carbonyl (C=O) groups excluding carboxylic acids is 1. The van der Waals surface area contributed by atoms with E-state index in [9.17, 15) is 4.79 Å². The van der Waals surface area contributed by atoms with Crippen LogP contribution in [0.1, 0.15) is 12.8 Å². The van der Waals surface area contributed by atoms with Crippen molar-refractivity contribution in [2.45, 2.75) is 12.8 Å². The highest BCUT2D eigenvalue weighted by Crippen LogP contribution is 2.25. The number of hydrogen-bond donors (Lipinski definition) is 1. The Kier molecular flexibility index (Phi) is 2.39. The summed E-state index contributed by atoms with van der Waals surface area (Å²) in [5, 5.41) is 0. The highest BCUT2D eigenvalue weighted by Gasteiger charge is 2.16. The molecule has 2 nitrogen and oxygen atoms in total. The predicted octanol–water partition coefficient (Wildman–Crippen LogP) is 0.615. The average molecular weight is 145 g/mol. The molecule has 0 saturated carbocycles. The second kappa shape index (κ2) is 3.11. The van der Waals surface area contributed by atoms with Gasteiger partial charge in [0.05, 0.1) is 0 Å². The molecular weight excluding hydrogens is 134 g/mol. The normalized spacial score (nSPS) is 26.4. The third-order valence-electron chi connectivity index (χ3n) is 1.51. The third-order valence-corrected chi connectivity index (χ3v) is 2.75. The zero-order valence-corrected chi connectivity index (χ0v) is 6.12. The van der Waals surface area contributed by atoms with Gasteiger partial charge in [0, 0.05) is 6.42 Å². The Morgan fingerprint density at radius 2 is 2.56 bits per heavy atom. The summed E-state index contributed by atoms with van der Waals surface area (Å²) in [7, 11) is 0. The maximum Gasteiger partial charge on any atom is 0.217 e. The minimum absolute atomic E-state index is 0.150. The Hall–Kier alpha value is -0.180. The van der Waals surface area contributed by atoms with Gasteiger partial charge in [-0.1, -0.05) is 0 Å². The zero-order valence-electron chi connectivity index (χ0n) is 5.30. The minimum Gasteiger partial charge on any atom is -0.370 e. The van der Waals surface area contributed by atoms with Crippen LogP contribution < -0.4 is 5.73 Å². The van der Waals surface area contributed by atoms with Crippen LogP contribution >= 0.6 is 11.8 Å². The van der Waals surface area contributed by atoms with Crippen molar-refractivity contribution in [1.82, 2.24) is 0 Å². The Morgan fingerprint density at radius 3 is 3.00 bits per heavy atom. The molecule has 1 aliphatic rings. The SMILES string of the molecule is NC(=O)CC1CCSC1. The first-order chi connectivity index (χ1) is 4.29. The molecule has 0 bridgehead atoms. The Labute approximate surface area is 59.2 Å². The lowest BCUT2D eigenvalue weighted by Crippen LogP contribution is -2.15. The first-order valence-corrected chi connectivity index (χ1v) is 4.30. The molecule has 0 aromatic rings. The third kappa shape index (κ3) is 2.26. The van der Waals surface area contributed by atoms with Crippen molar-refractivity contribution >= 4 is 17.7 Å². The summed E-state index contributed by atoms with van der Waals surface area (Å²) in [5.74, 6) is 2.76. The first kappa shape index (κ1) is 6.93. The van der Waals surface area contributed by atoms with E-state index in [1.165, 1.54) is 12.2 Å². The van der Waals surface area contributed by atoms with Gasteiger partial charge in [-0.05, 0) is 23.8 Å². The maximum absolute atomic E-state index is 10.4. The maximum atomic E-state index is 10.4. The van der Waals surface area contributed by atoms with Crippen molar-refractivity contribution in [3.05, 3.63) is 0 Å². The predicted molar refractivity (Wildman–Crippen MR) is 39.2 cm³/mol. The van der Waals surface area contributed by atoms with Crippen LogP contribution in [0.15, 0.2) is 0 Å². The molecule has 1 unspecified atom stereocenters. The topological polar surface area (TPSA) is 43.1 Å². The first-order valence-electron chi connectivity index (χ1n) is 3.15. The molecule has 0 spiro atoms. The van der Waals surface area contributed by atoms with E-state index >= 15 is 0 Å². The highest BCUT2D eigenvalue weighted by atomic mass is 32.2. The van der Waals surface area contributed by atoms with E-state index in [2.05, 4.69) is 0 Å². The van der Waals surface area contributed by atoms with Gasteiger partial charge in [0.2, 0.25) is 5.91 Å². The fraction of sp³-hybridized carbons (Fsp3) is 0.833. The number of nitrogens with two attached hydrogens (primary N) is 1. The highest BCUT2D eigenvalue weighted by molar-refractivity contribution is 7.99. The second-order valence-electron chi connectivity index (χ2n) is 2.40. The van der Waals surface area contributed by atoms with Crippen LogP contribution in [0.3, 0.4) is 0 Å². The quantitative estimate of drug-likeness (QED) is 0.619. The molecule has 1 fully saturated rings. The minimum atomic E-state index is -0.150. The van der Waals surface area contributed by atoms with Gasteiger partial charge < -0.3 is 5.73 Å². The fourth-order valence-electron chi connectivity index (χ4n) is 1.03. The van der Waals surface area contributed by atoms with Crippen LogP contribution in [0.2, 0.25) is 0 Å². The van der Waals surface area contributed by atoms with Crippen LogP contribution in [0.5, 0.6) is 0 Å². The van der Waals surface area contributed by atoms with Gasteiger partial charge in [0.25, 0.3) is 0 Å². The van der Waals surface area contributed by atoms with E-state index in [1.807, 2.05) is 11.8 Å². The van der Waals surface area contributed by atoms with Gasteiger partial charge in [-0.25, -0.2) is 0 Å². The van der Waals surface area contributed by atoms with E-state index in [1.54, 1.807) is 0 Å². The van der Waals surface area contributed by atoms with Gasteiger partial charge in [-0.15, -0.1) is 0 Å². The summed E-state index contributed by atoms with van der Waals surface area (Å²) < 4.78 is 0. The van der Waals surface area contributed by atoms with Gasteiger partial charge in [-0.3, -0.25) is 4.79 Å². The summed E-state index contributed by atoms with van der Waals surface area (Å²) in [4.78, 5) is 10.4. The molecule has 1 rings (SSSR count). The largest absolute Gasteiger partial charge is 0.370 e. The summed E-state index contributed by atoms with van der Waals surface area (Å²) in [6.07, 6.45) is 1.76. The molecule has 0 aliphatic carbocycles. The monoisotopic (exact) mass is 145 g/mol. The van der Waals surface area contributed by atoms with Crippen molar-refractivity contribution in [2.75, 3.05) is 11.5 Å². The Balaban J connectivity index is 2.19. The Bertz CT molecular complexity index is 110. The molecule has 0 aromatic heterocycles. The number of primary amides is 1. The number of amides is 1. The summed E-state index contributed by atoms with van der Waals surface area (Å²) in [5.41, 5.74) is 5.02. The molecule has 0 aromatic carbocycles. The molecule has 3 heteroatoms. The number of hydrogen-bond acceptors (Lipinski definition) is 2. The fourth-order valence-corrected chi connectivity index (χ4v) is 2.31. The standard InChI is InChI=1S/C6H11NOS/c7-6(8)3-5-1-2-9-4-5/h5H,1-4H2,(H2,7,8). The Morgan fingerprint density at radius 1 is 1.78 bits per heavy atom. The molecule has 0 radical (unpaired) electrons. The van der Waals surface area contributed by atoms with E-state index < -0.39 is 0 Å². The molecule has 52 valence electrons. The number of thioether (sulfide) groups is 1. The van der Waals surface area contributed by atoms with Crippen molar-refractivity contribution in [1.29, 1.82) is 0 Å². The lowest BCUT2D eigenvalue weighted by molar-refractivity contribution is -0.118. The van der Waals surface area contributed by atoms with Gasteiger partial charge >= 0.3 is 0 Å². The lowest BCUT2D eigenvalue weighted by atomic mass is 10.1. The van der Waals surface area contributed by atoms with Crippen LogP contribution in [-0.4, -0.2) is 17.4 Å².